The fourth-order valence-corrected chi connectivity index (χ4v) is 1.53. The molecule has 1 saturated carbocycles. The summed E-state index contributed by atoms with van der Waals surface area (Å²) in [6.07, 6.45) is 2.88. The zero-order chi connectivity index (χ0) is 10.4. The lowest BCUT2D eigenvalue weighted by molar-refractivity contribution is 0.191. The lowest BCUT2D eigenvalue weighted by atomic mass is 10.2. The zero-order valence-electron chi connectivity index (χ0n) is 9.75. The fraction of sp³-hybridized carbons (Fsp3) is 1.00. The molecule has 0 amide bonds. The van der Waals surface area contributed by atoms with Crippen molar-refractivity contribution >= 4 is 0 Å². The second kappa shape index (κ2) is 6.38. The molecule has 1 N–H and O–H groups in total. The minimum Gasteiger partial charge on any atom is -0.383 e. The van der Waals surface area contributed by atoms with Crippen molar-refractivity contribution in [1.29, 1.82) is 0 Å². The fourth-order valence-electron chi connectivity index (χ4n) is 1.53. The summed E-state index contributed by atoms with van der Waals surface area (Å²) in [5, 5.41) is 3.39. The van der Waals surface area contributed by atoms with Gasteiger partial charge in [0.2, 0.25) is 0 Å². The van der Waals surface area contributed by atoms with Crippen molar-refractivity contribution in [1.82, 2.24) is 10.2 Å². The van der Waals surface area contributed by atoms with Crippen molar-refractivity contribution in [3.63, 3.8) is 0 Å². The zero-order valence-corrected chi connectivity index (χ0v) is 9.75. The Labute approximate surface area is 87.8 Å². The summed E-state index contributed by atoms with van der Waals surface area (Å²) in [4.78, 5) is 2.46. The summed E-state index contributed by atoms with van der Waals surface area (Å²) in [5.74, 6) is 0.987. The molecule has 3 nitrogen and oxygen atoms in total. The Morgan fingerprint density at radius 2 is 2.21 bits per heavy atom. The first-order chi connectivity index (χ1) is 6.74. The molecule has 3 heteroatoms. The van der Waals surface area contributed by atoms with Crippen LogP contribution >= 0.6 is 0 Å². The molecule has 1 atom stereocenters. The number of hydrogen-bond acceptors (Lipinski definition) is 3. The van der Waals surface area contributed by atoms with Crippen molar-refractivity contribution < 1.29 is 4.74 Å². The Kier molecular flexibility index (Phi) is 5.45. The molecule has 0 bridgehead atoms. The van der Waals surface area contributed by atoms with Crippen LogP contribution < -0.4 is 5.32 Å². The summed E-state index contributed by atoms with van der Waals surface area (Å²) in [6, 6.07) is 0.632. The maximum atomic E-state index is 4.98. The largest absolute Gasteiger partial charge is 0.383 e. The minimum absolute atomic E-state index is 0.632. The average Bonchev–Trinajstić information content (AvgIpc) is 2.96. The Morgan fingerprint density at radius 3 is 2.79 bits per heavy atom. The molecule has 0 aromatic rings. The van der Waals surface area contributed by atoms with Crippen molar-refractivity contribution in [3.05, 3.63) is 0 Å². The van der Waals surface area contributed by atoms with Crippen molar-refractivity contribution in [2.75, 3.05) is 40.4 Å². The number of ether oxygens (including phenoxy) is 1. The van der Waals surface area contributed by atoms with Crippen LogP contribution in [-0.2, 0) is 4.74 Å². The van der Waals surface area contributed by atoms with Crippen LogP contribution in [0.25, 0.3) is 0 Å². The Balaban J connectivity index is 1.97. The van der Waals surface area contributed by atoms with Gasteiger partial charge in [0, 0.05) is 32.8 Å². The molecule has 1 aliphatic rings. The van der Waals surface area contributed by atoms with Gasteiger partial charge in [0.1, 0.15) is 0 Å². The van der Waals surface area contributed by atoms with E-state index in [1.807, 2.05) is 0 Å². The van der Waals surface area contributed by atoms with E-state index in [2.05, 4.69) is 24.2 Å². The molecule has 1 unspecified atom stereocenters. The van der Waals surface area contributed by atoms with E-state index in [4.69, 9.17) is 4.74 Å². The van der Waals surface area contributed by atoms with Crippen LogP contribution in [-0.4, -0.2) is 51.3 Å². The van der Waals surface area contributed by atoms with Crippen molar-refractivity contribution in [2.45, 2.75) is 25.8 Å². The third kappa shape index (κ3) is 4.94. The van der Waals surface area contributed by atoms with E-state index in [1.54, 1.807) is 7.11 Å². The van der Waals surface area contributed by atoms with Gasteiger partial charge >= 0.3 is 0 Å². The molecule has 1 rings (SSSR count). The highest BCUT2D eigenvalue weighted by Crippen LogP contribution is 2.29. The van der Waals surface area contributed by atoms with Gasteiger partial charge in [-0.05, 0) is 32.7 Å². The second-order valence-electron chi connectivity index (χ2n) is 4.43. The molecular formula is C11H24N2O. The highest BCUT2D eigenvalue weighted by molar-refractivity contribution is 4.78. The number of rotatable bonds is 8. The van der Waals surface area contributed by atoms with Gasteiger partial charge in [0.15, 0.2) is 0 Å². The Morgan fingerprint density at radius 1 is 1.50 bits per heavy atom. The van der Waals surface area contributed by atoms with E-state index in [0.717, 1.165) is 25.6 Å². The maximum absolute atomic E-state index is 4.98. The molecule has 1 aliphatic carbocycles. The van der Waals surface area contributed by atoms with Gasteiger partial charge in [-0.15, -0.1) is 0 Å². The third-order valence-electron chi connectivity index (χ3n) is 2.92. The van der Waals surface area contributed by atoms with Crippen LogP contribution in [0, 0.1) is 5.92 Å². The van der Waals surface area contributed by atoms with Gasteiger partial charge in [0.05, 0.1) is 6.61 Å². The van der Waals surface area contributed by atoms with Crippen molar-refractivity contribution in [3.8, 4) is 0 Å². The summed E-state index contributed by atoms with van der Waals surface area (Å²) in [6.45, 7) is 6.37. The minimum atomic E-state index is 0.632. The highest BCUT2D eigenvalue weighted by atomic mass is 16.5. The van der Waals surface area contributed by atoms with Gasteiger partial charge in [-0.3, -0.25) is 0 Å². The summed E-state index contributed by atoms with van der Waals surface area (Å²) >= 11 is 0. The topological polar surface area (TPSA) is 24.5 Å². The SMILES string of the molecule is COCCNCC(C)N(C)CC1CC1. The molecular weight excluding hydrogens is 176 g/mol. The van der Waals surface area contributed by atoms with E-state index >= 15 is 0 Å². The smallest absolute Gasteiger partial charge is 0.0587 e. The van der Waals surface area contributed by atoms with E-state index in [0.29, 0.717) is 6.04 Å². The molecule has 0 heterocycles. The molecule has 14 heavy (non-hydrogen) atoms. The quantitative estimate of drug-likeness (QED) is 0.591. The van der Waals surface area contributed by atoms with Crippen LogP contribution in [0.3, 0.4) is 0 Å². The van der Waals surface area contributed by atoms with Gasteiger partial charge in [-0.1, -0.05) is 0 Å². The van der Waals surface area contributed by atoms with E-state index < -0.39 is 0 Å². The summed E-state index contributed by atoms with van der Waals surface area (Å²) in [7, 11) is 3.96. The number of nitrogens with zero attached hydrogens (tertiary/aromatic N) is 1. The van der Waals surface area contributed by atoms with Crippen molar-refractivity contribution in [2.24, 2.45) is 5.92 Å². The van der Waals surface area contributed by atoms with Crippen LogP contribution in [0.5, 0.6) is 0 Å². The number of nitrogens with one attached hydrogen (secondary N) is 1. The molecule has 0 aromatic heterocycles. The van der Waals surface area contributed by atoms with Crippen LogP contribution in [0.2, 0.25) is 0 Å². The normalized spacial score (nSPS) is 18.9. The average molecular weight is 200 g/mol. The third-order valence-corrected chi connectivity index (χ3v) is 2.92. The predicted molar refractivity (Wildman–Crippen MR) is 59.6 cm³/mol. The number of methoxy groups -OCH3 is 1. The molecule has 0 spiro atoms. The lowest BCUT2D eigenvalue weighted by Crippen LogP contribution is -2.39. The first-order valence-electron chi connectivity index (χ1n) is 5.64. The number of likely N-dealkylation sites (N-methyl/N-ethyl adjacent to an activating group) is 1. The monoisotopic (exact) mass is 200 g/mol. The maximum Gasteiger partial charge on any atom is 0.0587 e. The second-order valence-corrected chi connectivity index (χ2v) is 4.43. The van der Waals surface area contributed by atoms with Crippen LogP contribution in [0.4, 0.5) is 0 Å². The first-order valence-corrected chi connectivity index (χ1v) is 5.64. The van der Waals surface area contributed by atoms with E-state index in [1.165, 1.54) is 19.4 Å². The van der Waals surface area contributed by atoms with Crippen LogP contribution in [0.1, 0.15) is 19.8 Å². The van der Waals surface area contributed by atoms with Gasteiger partial charge in [-0.2, -0.15) is 0 Å². The van der Waals surface area contributed by atoms with E-state index in [-0.39, 0.29) is 0 Å². The molecule has 0 aliphatic heterocycles. The number of hydrogen-bond donors (Lipinski definition) is 1. The molecule has 84 valence electrons. The Hall–Kier alpha value is -0.120. The molecule has 0 radical (unpaired) electrons. The van der Waals surface area contributed by atoms with Gasteiger partial charge in [0.25, 0.3) is 0 Å². The van der Waals surface area contributed by atoms with E-state index in [9.17, 15) is 0 Å². The molecule has 0 aromatic carbocycles. The lowest BCUT2D eigenvalue weighted by Gasteiger charge is -2.24. The van der Waals surface area contributed by atoms with Gasteiger partial charge < -0.3 is 15.0 Å². The summed E-state index contributed by atoms with van der Waals surface area (Å²) in [5.41, 5.74) is 0. The van der Waals surface area contributed by atoms with Gasteiger partial charge in [-0.25, -0.2) is 0 Å². The molecule has 0 saturated heterocycles. The first kappa shape index (κ1) is 12.0. The Bertz CT molecular complexity index is 148. The molecule has 1 fully saturated rings. The van der Waals surface area contributed by atoms with Crippen LogP contribution in [0.15, 0.2) is 0 Å². The highest BCUT2D eigenvalue weighted by Gasteiger charge is 2.24. The standard InChI is InChI=1S/C11H24N2O/c1-10(8-12-6-7-14-3)13(2)9-11-4-5-11/h10-12H,4-9H2,1-3H3. The summed E-state index contributed by atoms with van der Waals surface area (Å²) < 4.78 is 4.98. The predicted octanol–water partition coefficient (Wildman–Crippen LogP) is 0.953.